The number of amides is 1. The average molecular weight is 270 g/mol. The highest BCUT2D eigenvalue weighted by Crippen LogP contribution is 2.03. The first-order valence-electron chi connectivity index (χ1n) is 6.58. The number of rotatable bonds is 6. The largest absolute Gasteiger partial charge is 0.445 e. The van der Waals surface area contributed by atoms with Gasteiger partial charge in [-0.1, -0.05) is 48.5 Å². The Morgan fingerprint density at radius 1 is 0.900 bits per heavy atom. The molecule has 2 rings (SSSR count). The van der Waals surface area contributed by atoms with E-state index < -0.39 is 6.09 Å². The Hall–Kier alpha value is -2.49. The molecule has 0 aliphatic rings. The molecule has 2 aromatic carbocycles. The van der Waals surface area contributed by atoms with Crippen molar-refractivity contribution >= 4 is 11.8 Å². The Morgan fingerprint density at radius 2 is 1.55 bits per heavy atom. The number of anilines is 1. The van der Waals surface area contributed by atoms with Gasteiger partial charge in [0.1, 0.15) is 6.61 Å². The summed E-state index contributed by atoms with van der Waals surface area (Å²) in [5.74, 6) is 0. The second kappa shape index (κ2) is 7.84. The number of alkyl carbamates (subject to hydrolysis) is 1. The lowest BCUT2D eigenvalue weighted by atomic mass is 10.2. The first kappa shape index (κ1) is 13.9. The van der Waals surface area contributed by atoms with E-state index in [1.54, 1.807) is 0 Å². The van der Waals surface area contributed by atoms with Gasteiger partial charge in [0.2, 0.25) is 0 Å². The Balaban J connectivity index is 1.59. The lowest BCUT2D eigenvalue weighted by Gasteiger charge is -2.08. The van der Waals surface area contributed by atoms with Crippen molar-refractivity contribution in [2.24, 2.45) is 0 Å². The maximum Gasteiger partial charge on any atom is 0.407 e. The summed E-state index contributed by atoms with van der Waals surface area (Å²) >= 11 is 0. The first-order valence-corrected chi connectivity index (χ1v) is 6.58. The van der Waals surface area contributed by atoms with Crippen molar-refractivity contribution in [3.05, 3.63) is 66.2 Å². The van der Waals surface area contributed by atoms with Gasteiger partial charge < -0.3 is 15.4 Å². The molecule has 0 aromatic heterocycles. The van der Waals surface area contributed by atoms with Gasteiger partial charge in [-0.15, -0.1) is 0 Å². The highest BCUT2D eigenvalue weighted by atomic mass is 16.5. The minimum absolute atomic E-state index is 0.290. The normalized spacial score (nSPS) is 9.80. The van der Waals surface area contributed by atoms with Crippen LogP contribution in [0.5, 0.6) is 0 Å². The van der Waals surface area contributed by atoms with Crippen LogP contribution in [0.1, 0.15) is 5.56 Å². The van der Waals surface area contributed by atoms with Crippen molar-refractivity contribution in [1.82, 2.24) is 5.32 Å². The molecule has 104 valence electrons. The summed E-state index contributed by atoms with van der Waals surface area (Å²) in [5, 5.41) is 5.90. The monoisotopic (exact) mass is 270 g/mol. The van der Waals surface area contributed by atoms with Crippen LogP contribution in [0.4, 0.5) is 10.5 Å². The summed E-state index contributed by atoms with van der Waals surface area (Å²) in [5.41, 5.74) is 2.01. The van der Waals surface area contributed by atoms with E-state index in [1.165, 1.54) is 0 Å². The van der Waals surface area contributed by atoms with Crippen molar-refractivity contribution in [1.29, 1.82) is 0 Å². The Morgan fingerprint density at radius 3 is 2.25 bits per heavy atom. The van der Waals surface area contributed by atoms with Gasteiger partial charge >= 0.3 is 6.09 Å². The molecule has 0 saturated heterocycles. The van der Waals surface area contributed by atoms with Crippen molar-refractivity contribution in [2.45, 2.75) is 6.61 Å². The standard InChI is InChI=1S/C16H18N2O2/c19-16(20-13-14-7-3-1-4-8-14)18-12-11-17-15-9-5-2-6-10-15/h1-10,17H,11-13H2,(H,18,19). The van der Waals surface area contributed by atoms with Crippen molar-refractivity contribution in [3.8, 4) is 0 Å². The molecule has 2 N–H and O–H groups in total. The number of hydrogen-bond donors (Lipinski definition) is 2. The minimum Gasteiger partial charge on any atom is -0.445 e. The molecular weight excluding hydrogens is 252 g/mol. The van der Waals surface area contributed by atoms with E-state index >= 15 is 0 Å². The van der Waals surface area contributed by atoms with Crippen LogP contribution in [0, 0.1) is 0 Å². The van der Waals surface area contributed by atoms with Crippen molar-refractivity contribution < 1.29 is 9.53 Å². The number of carbonyl (C=O) groups excluding carboxylic acids is 1. The number of carbonyl (C=O) groups is 1. The molecule has 0 atom stereocenters. The summed E-state index contributed by atoms with van der Waals surface area (Å²) < 4.78 is 5.10. The quantitative estimate of drug-likeness (QED) is 0.793. The fourth-order valence-corrected chi connectivity index (χ4v) is 1.70. The summed E-state index contributed by atoms with van der Waals surface area (Å²) in [6.07, 6.45) is -0.399. The van der Waals surface area contributed by atoms with E-state index in [0.29, 0.717) is 19.7 Å². The maximum absolute atomic E-state index is 11.5. The minimum atomic E-state index is -0.399. The van der Waals surface area contributed by atoms with Gasteiger partial charge in [-0.25, -0.2) is 4.79 Å². The molecule has 0 aliphatic carbocycles. The number of para-hydroxylation sites is 1. The van der Waals surface area contributed by atoms with E-state index in [4.69, 9.17) is 4.74 Å². The van der Waals surface area contributed by atoms with Crippen molar-refractivity contribution in [2.75, 3.05) is 18.4 Å². The summed E-state index contributed by atoms with van der Waals surface area (Å²) in [6.45, 7) is 1.46. The third-order valence-corrected chi connectivity index (χ3v) is 2.71. The SMILES string of the molecule is O=C(NCCNc1ccccc1)OCc1ccccc1. The molecular formula is C16H18N2O2. The van der Waals surface area contributed by atoms with Gasteiger partial charge in [0.15, 0.2) is 0 Å². The molecule has 0 bridgehead atoms. The lowest BCUT2D eigenvalue weighted by molar-refractivity contribution is 0.140. The zero-order valence-electron chi connectivity index (χ0n) is 11.2. The topological polar surface area (TPSA) is 50.4 Å². The highest BCUT2D eigenvalue weighted by molar-refractivity contribution is 5.67. The second-order valence-electron chi connectivity index (χ2n) is 4.28. The summed E-state index contributed by atoms with van der Waals surface area (Å²) in [4.78, 5) is 11.5. The molecule has 0 aliphatic heterocycles. The zero-order chi connectivity index (χ0) is 14.0. The number of ether oxygens (including phenoxy) is 1. The zero-order valence-corrected chi connectivity index (χ0v) is 11.2. The van der Waals surface area contributed by atoms with Crippen molar-refractivity contribution in [3.63, 3.8) is 0 Å². The summed E-state index contributed by atoms with van der Waals surface area (Å²) in [7, 11) is 0. The maximum atomic E-state index is 11.5. The van der Waals surface area contributed by atoms with E-state index in [-0.39, 0.29) is 0 Å². The predicted octanol–water partition coefficient (Wildman–Crippen LogP) is 3.02. The van der Waals surface area contributed by atoms with Gasteiger partial charge in [-0.05, 0) is 17.7 Å². The van der Waals surface area contributed by atoms with E-state index in [0.717, 1.165) is 11.3 Å². The van der Waals surface area contributed by atoms with Crippen LogP contribution in [-0.2, 0) is 11.3 Å². The van der Waals surface area contributed by atoms with Gasteiger partial charge in [0.25, 0.3) is 0 Å². The number of nitrogens with one attached hydrogen (secondary N) is 2. The van der Waals surface area contributed by atoms with Crippen LogP contribution in [0.3, 0.4) is 0 Å². The first-order chi connectivity index (χ1) is 9.84. The highest BCUT2D eigenvalue weighted by Gasteiger charge is 2.01. The van der Waals surface area contributed by atoms with E-state index in [1.807, 2.05) is 60.7 Å². The molecule has 4 heteroatoms. The predicted molar refractivity (Wildman–Crippen MR) is 79.6 cm³/mol. The van der Waals surface area contributed by atoms with Crippen LogP contribution >= 0.6 is 0 Å². The average Bonchev–Trinajstić information content (AvgIpc) is 2.52. The number of hydrogen-bond acceptors (Lipinski definition) is 3. The van der Waals surface area contributed by atoms with Gasteiger partial charge in [0.05, 0.1) is 0 Å². The molecule has 0 heterocycles. The number of benzene rings is 2. The third kappa shape index (κ3) is 5.02. The Bertz CT molecular complexity index is 515. The molecule has 0 saturated carbocycles. The molecule has 2 aromatic rings. The Labute approximate surface area is 118 Å². The van der Waals surface area contributed by atoms with Crippen LogP contribution in [0.2, 0.25) is 0 Å². The second-order valence-corrected chi connectivity index (χ2v) is 4.28. The van der Waals surface area contributed by atoms with Gasteiger partial charge in [0, 0.05) is 18.8 Å². The molecule has 0 unspecified atom stereocenters. The molecule has 0 fully saturated rings. The fraction of sp³-hybridized carbons (Fsp3) is 0.188. The Kier molecular flexibility index (Phi) is 5.46. The smallest absolute Gasteiger partial charge is 0.407 e. The summed E-state index contributed by atoms with van der Waals surface area (Å²) in [6, 6.07) is 19.5. The van der Waals surface area contributed by atoms with Crippen LogP contribution < -0.4 is 10.6 Å². The molecule has 0 spiro atoms. The molecule has 4 nitrogen and oxygen atoms in total. The molecule has 0 radical (unpaired) electrons. The molecule has 1 amide bonds. The fourth-order valence-electron chi connectivity index (χ4n) is 1.70. The van der Waals surface area contributed by atoms with Gasteiger partial charge in [-0.3, -0.25) is 0 Å². The van der Waals surface area contributed by atoms with Crippen LogP contribution in [0.15, 0.2) is 60.7 Å². The third-order valence-electron chi connectivity index (χ3n) is 2.71. The van der Waals surface area contributed by atoms with E-state index in [9.17, 15) is 4.79 Å². The van der Waals surface area contributed by atoms with Crippen LogP contribution in [-0.4, -0.2) is 19.2 Å². The molecule has 20 heavy (non-hydrogen) atoms. The van der Waals surface area contributed by atoms with E-state index in [2.05, 4.69) is 10.6 Å². The van der Waals surface area contributed by atoms with Gasteiger partial charge in [-0.2, -0.15) is 0 Å². The van der Waals surface area contributed by atoms with Crippen LogP contribution in [0.25, 0.3) is 0 Å². The lowest BCUT2D eigenvalue weighted by Crippen LogP contribution is -2.29.